The number of sulfonamides is 1. The number of carbonyl (C=O) groups is 2. The standard InChI is InChI=1S/C22H27N3O6S/c1-6-17-22(27)24-16-10-14(3)20(11-19(16)31-17)32(28,29)25(4)12-21(26)23-15-9-13(2)7-8-18(15)30-5/h7-11,17H,6,12H2,1-5H3,(H,23,26)(H,24,27). The van der Waals surface area contributed by atoms with Crippen molar-refractivity contribution in [3.63, 3.8) is 0 Å². The Bertz CT molecular complexity index is 1160. The number of benzene rings is 2. The molecule has 2 aromatic rings. The highest BCUT2D eigenvalue weighted by atomic mass is 32.2. The number of methoxy groups -OCH3 is 1. The second kappa shape index (κ2) is 9.17. The van der Waals surface area contributed by atoms with Gasteiger partial charge in [0.25, 0.3) is 5.91 Å². The van der Waals surface area contributed by atoms with Gasteiger partial charge in [0.05, 0.1) is 29.9 Å². The lowest BCUT2D eigenvalue weighted by Gasteiger charge is -2.27. The topological polar surface area (TPSA) is 114 Å². The van der Waals surface area contributed by atoms with E-state index in [1.807, 2.05) is 13.0 Å². The molecule has 1 aliphatic heterocycles. The van der Waals surface area contributed by atoms with Gasteiger partial charge in [-0.05, 0) is 49.6 Å². The predicted molar refractivity (Wildman–Crippen MR) is 121 cm³/mol. The van der Waals surface area contributed by atoms with Gasteiger partial charge in [0.2, 0.25) is 15.9 Å². The number of amides is 2. The van der Waals surface area contributed by atoms with E-state index in [1.165, 1.54) is 20.2 Å². The summed E-state index contributed by atoms with van der Waals surface area (Å²) in [7, 11) is -1.18. The van der Waals surface area contributed by atoms with E-state index in [2.05, 4.69) is 10.6 Å². The normalized spacial score (nSPS) is 15.6. The first-order valence-corrected chi connectivity index (χ1v) is 11.5. The predicted octanol–water partition coefficient (Wildman–Crippen LogP) is 2.68. The summed E-state index contributed by atoms with van der Waals surface area (Å²) in [5.74, 6) is -0.0202. The lowest BCUT2D eigenvalue weighted by atomic mass is 10.1. The largest absolute Gasteiger partial charge is 0.495 e. The summed E-state index contributed by atoms with van der Waals surface area (Å²) < 4.78 is 38.3. The van der Waals surface area contributed by atoms with E-state index in [4.69, 9.17) is 9.47 Å². The van der Waals surface area contributed by atoms with Gasteiger partial charge in [-0.25, -0.2) is 8.42 Å². The van der Waals surface area contributed by atoms with Crippen LogP contribution in [0, 0.1) is 13.8 Å². The van der Waals surface area contributed by atoms with E-state index in [9.17, 15) is 18.0 Å². The van der Waals surface area contributed by atoms with Crippen molar-refractivity contribution >= 4 is 33.2 Å². The van der Waals surface area contributed by atoms with Gasteiger partial charge in [0, 0.05) is 13.1 Å². The van der Waals surface area contributed by atoms with E-state index in [1.54, 1.807) is 32.0 Å². The van der Waals surface area contributed by atoms with Crippen molar-refractivity contribution < 1.29 is 27.5 Å². The summed E-state index contributed by atoms with van der Waals surface area (Å²) in [6.45, 7) is 4.90. The van der Waals surface area contributed by atoms with E-state index < -0.39 is 28.6 Å². The Hall–Kier alpha value is -3.11. The van der Waals surface area contributed by atoms with Crippen molar-refractivity contribution in [2.24, 2.45) is 0 Å². The summed E-state index contributed by atoms with van der Waals surface area (Å²) >= 11 is 0. The minimum Gasteiger partial charge on any atom is -0.495 e. The highest BCUT2D eigenvalue weighted by Gasteiger charge is 2.31. The van der Waals surface area contributed by atoms with Crippen LogP contribution in [0.5, 0.6) is 11.5 Å². The minimum absolute atomic E-state index is 0.00527. The molecule has 1 aliphatic rings. The van der Waals surface area contributed by atoms with Gasteiger partial charge in [-0.1, -0.05) is 13.0 Å². The Morgan fingerprint density at radius 1 is 1.25 bits per heavy atom. The molecule has 10 heteroatoms. The summed E-state index contributed by atoms with van der Waals surface area (Å²) in [5.41, 5.74) is 2.23. The average molecular weight is 462 g/mol. The Kier molecular flexibility index (Phi) is 6.75. The van der Waals surface area contributed by atoms with Crippen LogP contribution >= 0.6 is 0 Å². The number of fused-ring (bicyclic) bond motifs is 1. The van der Waals surface area contributed by atoms with Crippen molar-refractivity contribution in [2.75, 3.05) is 31.3 Å². The molecule has 2 N–H and O–H groups in total. The number of anilines is 2. The van der Waals surface area contributed by atoms with Gasteiger partial charge in [0.1, 0.15) is 11.5 Å². The smallest absolute Gasteiger partial charge is 0.265 e. The lowest BCUT2D eigenvalue weighted by molar-refractivity contribution is -0.123. The van der Waals surface area contributed by atoms with E-state index in [0.29, 0.717) is 29.1 Å². The molecule has 172 valence electrons. The molecule has 32 heavy (non-hydrogen) atoms. The first-order chi connectivity index (χ1) is 15.1. The second-order valence-corrected chi connectivity index (χ2v) is 9.64. The maximum absolute atomic E-state index is 13.2. The van der Waals surface area contributed by atoms with Gasteiger partial charge in [-0.2, -0.15) is 4.31 Å². The molecule has 0 saturated carbocycles. The fraction of sp³-hybridized carbons (Fsp3) is 0.364. The van der Waals surface area contributed by atoms with Crippen molar-refractivity contribution in [1.29, 1.82) is 0 Å². The van der Waals surface area contributed by atoms with E-state index >= 15 is 0 Å². The highest BCUT2D eigenvalue weighted by Crippen LogP contribution is 2.35. The quantitative estimate of drug-likeness (QED) is 0.655. The molecular weight excluding hydrogens is 434 g/mol. The average Bonchev–Trinajstić information content (AvgIpc) is 2.72. The first kappa shape index (κ1) is 23.6. The zero-order valence-corrected chi connectivity index (χ0v) is 19.5. The van der Waals surface area contributed by atoms with Crippen molar-refractivity contribution in [3.8, 4) is 11.5 Å². The third-order valence-electron chi connectivity index (χ3n) is 5.15. The zero-order valence-electron chi connectivity index (χ0n) is 18.7. The van der Waals surface area contributed by atoms with Gasteiger partial charge in [0.15, 0.2) is 6.10 Å². The monoisotopic (exact) mass is 461 g/mol. The zero-order chi connectivity index (χ0) is 23.6. The molecule has 0 saturated heterocycles. The van der Waals surface area contributed by atoms with Crippen molar-refractivity contribution in [2.45, 2.75) is 38.2 Å². The Morgan fingerprint density at radius 2 is 1.97 bits per heavy atom. The summed E-state index contributed by atoms with van der Waals surface area (Å²) in [6.07, 6.45) is -0.238. The SMILES string of the molecule is CCC1Oc2cc(S(=O)(=O)N(C)CC(=O)Nc3cc(C)ccc3OC)c(C)cc2NC1=O. The Balaban J connectivity index is 1.81. The van der Waals surface area contributed by atoms with Gasteiger partial charge in [-0.3, -0.25) is 9.59 Å². The van der Waals surface area contributed by atoms with Crippen LogP contribution in [-0.4, -0.2) is 51.3 Å². The summed E-state index contributed by atoms with van der Waals surface area (Å²) in [5, 5.41) is 5.43. The molecule has 0 radical (unpaired) electrons. The number of likely N-dealkylation sites (N-methyl/N-ethyl adjacent to an activating group) is 1. The molecule has 0 aliphatic carbocycles. The van der Waals surface area contributed by atoms with E-state index in [-0.39, 0.29) is 16.6 Å². The van der Waals surface area contributed by atoms with Gasteiger partial charge < -0.3 is 20.1 Å². The van der Waals surface area contributed by atoms with Crippen molar-refractivity contribution in [3.05, 3.63) is 41.5 Å². The van der Waals surface area contributed by atoms with Crippen LogP contribution in [0.15, 0.2) is 35.2 Å². The molecule has 0 bridgehead atoms. The number of hydrogen-bond acceptors (Lipinski definition) is 6. The van der Waals surface area contributed by atoms with Crippen LogP contribution in [0.3, 0.4) is 0 Å². The summed E-state index contributed by atoms with van der Waals surface area (Å²) in [4.78, 5) is 24.6. The molecule has 2 amide bonds. The fourth-order valence-corrected chi connectivity index (χ4v) is 4.74. The fourth-order valence-electron chi connectivity index (χ4n) is 3.40. The minimum atomic E-state index is -4.00. The van der Waals surface area contributed by atoms with E-state index in [0.717, 1.165) is 9.87 Å². The molecule has 3 rings (SSSR count). The molecule has 1 unspecified atom stereocenters. The van der Waals surface area contributed by atoms with Crippen LogP contribution in [0.4, 0.5) is 11.4 Å². The van der Waals surface area contributed by atoms with Crippen molar-refractivity contribution in [1.82, 2.24) is 4.31 Å². The van der Waals surface area contributed by atoms with Gasteiger partial charge in [-0.15, -0.1) is 0 Å². The third-order valence-corrected chi connectivity index (χ3v) is 7.10. The number of rotatable bonds is 7. The number of nitrogens with zero attached hydrogens (tertiary/aromatic N) is 1. The highest BCUT2D eigenvalue weighted by molar-refractivity contribution is 7.89. The van der Waals surface area contributed by atoms with Crippen LogP contribution in [-0.2, 0) is 19.6 Å². The first-order valence-electron chi connectivity index (χ1n) is 10.1. The molecule has 2 aromatic carbocycles. The number of ether oxygens (including phenoxy) is 2. The lowest BCUT2D eigenvalue weighted by Crippen LogP contribution is -2.37. The number of hydrogen-bond donors (Lipinski definition) is 2. The third kappa shape index (κ3) is 4.71. The molecule has 1 heterocycles. The molecule has 0 fully saturated rings. The molecular formula is C22H27N3O6S. The Morgan fingerprint density at radius 3 is 2.62 bits per heavy atom. The van der Waals surface area contributed by atoms with Crippen LogP contribution in [0.2, 0.25) is 0 Å². The van der Waals surface area contributed by atoms with Gasteiger partial charge >= 0.3 is 0 Å². The molecule has 0 aromatic heterocycles. The summed E-state index contributed by atoms with van der Waals surface area (Å²) in [6, 6.07) is 8.26. The molecule has 1 atom stereocenters. The number of carbonyl (C=O) groups excluding carboxylic acids is 2. The number of nitrogens with one attached hydrogen (secondary N) is 2. The maximum atomic E-state index is 13.2. The Labute approximate surface area is 187 Å². The molecule has 0 spiro atoms. The molecule has 9 nitrogen and oxygen atoms in total. The van der Waals surface area contributed by atoms with Crippen LogP contribution in [0.1, 0.15) is 24.5 Å². The van der Waals surface area contributed by atoms with Crippen LogP contribution in [0.25, 0.3) is 0 Å². The number of aryl methyl sites for hydroxylation is 2. The second-order valence-electron chi connectivity index (χ2n) is 7.63. The van der Waals surface area contributed by atoms with Crippen LogP contribution < -0.4 is 20.1 Å². The maximum Gasteiger partial charge on any atom is 0.265 e.